The second-order valence-corrected chi connectivity index (χ2v) is 8.69. The third-order valence-corrected chi connectivity index (χ3v) is 6.49. The lowest BCUT2D eigenvalue weighted by atomic mass is 9.96. The van der Waals surface area contributed by atoms with Crippen LogP contribution in [0.4, 0.5) is 10.7 Å². The molecule has 0 saturated heterocycles. The Kier molecular flexibility index (Phi) is 7.75. The molecule has 1 aromatic carbocycles. The summed E-state index contributed by atoms with van der Waals surface area (Å²) < 4.78 is 10.5. The van der Waals surface area contributed by atoms with E-state index in [2.05, 4.69) is 10.6 Å². The Hall–Kier alpha value is -1.83. The standard InChI is InChI=1S/C21H25ClN2O3S2/c1-3-27-20(25)18-14-8-6-4-5-7-9-17(14)29-19(18)24-21(28)23-13-10-11-16(26-2)15(22)12-13/h10-12H,3-9H2,1-2H3,(H2,23,24,28). The topological polar surface area (TPSA) is 59.6 Å². The Morgan fingerprint density at radius 1 is 1.21 bits per heavy atom. The van der Waals surface area contributed by atoms with Gasteiger partial charge in [-0.25, -0.2) is 4.79 Å². The number of benzene rings is 1. The Balaban J connectivity index is 1.83. The van der Waals surface area contributed by atoms with Gasteiger partial charge in [0.1, 0.15) is 10.8 Å². The van der Waals surface area contributed by atoms with Gasteiger partial charge in [0, 0.05) is 10.6 Å². The number of methoxy groups -OCH3 is 1. The van der Waals surface area contributed by atoms with Gasteiger partial charge in [0.05, 0.1) is 24.3 Å². The zero-order valence-corrected chi connectivity index (χ0v) is 19.0. The van der Waals surface area contributed by atoms with E-state index in [0.29, 0.717) is 28.1 Å². The van der Waals surface area contributed by atoms with Crippen molar-refractivity contribution >= 4 is 56.9 Å². The zero-order valence-electron chi connectivity index (χ0n) is 16.6. The number of thiocarbonyl (C=S) groups is 1. The minimum Gasteiger partial charge on any atom is -0.495 e. The average molecular weight is 453 g/mol. The Bertz CT molecular complexity index is 898. The summed E-state index contributed by atoms with van der Waals surface area (Å²) in [6.07, 6.45) is 6.54. The van der Waals surface area contributed by atoms with Crippen molar-refractivity contribution in [2.75, 3.05) is 24.4 Å². The van der Waals surface area contributed by atoms with E-state index in [1.54, 1.807) is 30.6 Å². The molecule has 0 amide bonds. The van der Waals surface area contributed by atoms with Gasteiger partial charge in [-0.1, -0.05) is 24.4 Å². The number of halogens is 1. The fourth-order valence-corrected chi connectivity index (χ4v) is 5.26. The van der Waals surface area contributed by atoms with Gasteiger partial charge >= 0.3 is 5.97 Å². The van der Waals surface area contributed by atoms with Crippen LogP contribution in [0.2, 0.25) is 5.02 Å². The maximum atomic E-state index is 12.7. The van der Waals surface area contributed by atoms with Crippen molar-refractivity contribution < 1.29 is 14.3 Å². The summed E-state index contributed by atoms with van der Waals surface area (Å²) in [6.45, 7) is 2.16. The number of hydrogen-bond acceptors (Lipinski definition) is 5. The SMILES string of the molecule is CCOC(=O)c1c(NC(=S)Nc2ccc(OC)c(Cl)c2)sc2c1CCCCCC2. The average Bonchev–Trinajstić information content (AvgIpc) is 2.98. The molecule has 0 saturated carbocycles. The highest BCUT2D eigenvalue weighted by atomic mass is 35.5. The first-order chi connectivity index (χ1) is 14.0. The number of carbonyl (C=O) groups excluding carboxylic acids is 1. The Morgan fingerprint density at radius 3 is 2.66 bits per heavy atom. The fraction of sp³-hybridized carbons (Fsp3) is 0.429. The lowest BCUT2D eigenvalue weighted by molar-refractivity contribution is 0.0526. The molecule has 0 spiro atoms. The third-order valence-electron chi connectivity index (χ3n) is 4.79. The molecule has 1 aliphatic carbocycles. The van der Waals surface area contributed by atoms with Gasteiger partial charge in [-0.15, -0.1) is 11.3 Å². The molecule has 0 fully saturated rings. The van der Waals surface area contributed by atoms with Gasteiger partial charge in [0.25, 0.3) is 0 Å². The molecule has 2 N–H and O–H groups in total. The van der Waals surface area contributed by atoms with E-state index >= 15 is 0 Å². The molecule has 29 heavy (non-hydrogen) atoms. The number of rotatable bonds is 5. The fourth-order valence-electron chi connectivity index (χ4n) is 3.44. The van der Waals surface area contributed by atoms with E-state index in [1.165, 1.54) is 17.7 Å². The lowest BCUT2D eigenvalue weighted by Gasteiger charge is -2.13. The highest BCUT2D eigenvalue weighted by molar-refractivity contribution is 7.80. The summed E-state index contributed by atoms with van der Waals surface area (Å²) >= 11 is 13.3. The first-order valence-electron chi connectivity index (χ1n) is 9.76. The maximum Gasteiger partial charge on any atom is 0.341 e. The van der Waals surface area contributed by atoms with Gasteiger partial charge in [0.2, 0.25) is 0 Å². The van der Waals surface area contributed by atoms with Gasteiger partial charge in [0.15, 0.2) is 5.11 Å². The Labute approximate surface area is 185 Å². The summed E-state index contributed by atoms with van der Waals surface area (Å²) in [5.41, 5.74) is 2.48. The molecule has 8 heteroatoms. The smallest absolute Gasteiger partial charge is 0.341 e. The highest BCUT2D eigenvalue weighted by Crippen LogP contribution is 2.38. The van der Waals surface area contributed by atoms with Crippen LogP contribution in [-0.4, -0.2) is 24.8 Å². The minimum absolute atomic E-state index is 0.289. The van der Waals surface area contributed by atoms with E-state index in [4.69, 9.17) is 33.3 Å². The van der Waals surface area contributed by atoms with Crippen LogP contribution >= 0.6 is 35.2 Å². The highest BCUT2D eigenvalue weighted by Gasteiger charge is 2.25. The van der Waals surface area contributed by atoms with Gasteiger partial charge in [-0.3, -0.25) is 0 Å². The number of ether oxygens (including phenoxy) is 2. The number of esters is 1. The van der Waals surface area contributed by atoms with Crippen LogP contribution in [0, 0.1) is 0 Å². The first-order valence-corrected chi connectivity index (χ1v) is 11.4. The van der Waals surface area contributed by atoms with Crippen molar-refractivity contribution in [2.24, 2.45) is 0 Å². The summed E-state index contributed by atoms with van der Waals surface area (Å²) in [4.78, 5) is 14.0. The van der Waals surface area contributed by atoms with Crippen molar-refractivity contribution in [3.05, 3.63) is 39.2 Å². The van der Waals surface area contributed by atoms with Crippen molar-refractivity contribution in [3.8, 4) is 5.75 Å². The molecular formula is C21H25ClN2O3S2. The Morgan fingerprint density at radius 2 is 1.97 bits per heavy atom. The van der Waals surface area contributed by atoms with Crippen LogP contribution < -0.4 is 15.4 Å². The zero-order chi connectivity index (χ0) is 20.8. The predicted molar refractivity (Wildman–Crippen MR) is 124 cm³/mol. The van der Waals surface area contributed by atoms with Gasteiger partial charge < -0.3 is 20.1 Å². The molecule has 0 atom stereocenters. The predicted octanol–water partition coefficient (Wildman–Crippen LogP) is 6.05. The normalized spacial score (nSPS) is 13.6. The molecule has 1 aromatic heterocycles. The quantitative estimate of drug-likeness (QED) is 0.425. The number of fused-ring (bicyclic) bond motifs is 1. The largest absolute Gasteiger partial charge is 0.495 e. The van der Waals surface area contributed by atoms with Crippen LogP contribution in [0.25, 0.3) is 0 Å². The van der Waals surface area contributed by atoms with Gasteiger partial charge in [-0.2, -0.15) is 0 Å². The molecule has 1 aliphatic rings. The second kappa shape index (κ2) is 10.3. The van der Waals surface area contributed by atoms with Crippen LogP contribution in [0.3, 0.4) is 0 Å². The third kappa shape index (κ3) is 5.41. The van der Waals surface area contributed by atoms with E-state index in [0.717, 1.165) is 41.9 Å². The summed E-state index contributed by atoms with van der Waals surface area (Å²) in [5, 5.41) is 7.96. The molecule has 156 valence electrons. The van der Waals surface area contributed by atoms with Crippen LogP contribution in [0.1, 0.15) is 53.4 Å². The van der Waals surface area contributed by atoms with Crippen molar-refractivity contribution in [2.45, 2.75) is 45.4 Å². The maximum absolute atomic E-state index is 12.7. The van der Waals surface area contributed by atoms with E-state index in [9.17, 15) is 4.79 Å². The van der Waals surface area contributed by atoms with Crippen LogP contribution in [-0.2, 0) is 17.6 Å². The molecule has 0 unspecified atom stereocenters. The lowest BCUT2D eigenvalue weighted by Crippen LogP contribution is -2.20. The molecule has 1 heterocycles. The summed E-state index contributed by atoms with van der Waals surface area (Å²) in [6, 6.07) is 5.35. The number of thiophene rings is 1. The molecule has 0 radical (unpaired) electrons. The molecule has 0 bridgehead atoms. The van der Waals surface area contributed by atoms with Crippen LogP contribution in [0.15, 0.2) is 18.2 Å². The summed E-state index contributed by atoms with van der Waals surface area (Å²) in [7, 11) is 1.57. The molecule has 3 rings (SSSR count). The van der Waals surface area contributed by atoms with E-state index < -0.39 is 0 Å². The van der Waals surface area contributed by atoms with Crippen molar-refractivity contribution in [3.63, 3.8) is 0 Å². The number of aryl methyl sites for hydroxylation is 1. The monoisotopic (exact) mass is 452 g/mol. The minimum atomic E-state index is -0.289. The number of anilines is 2. The van der Waals surface area contributed by atoms with Crippen molar-refractivity contribution in [1.29, 1.82) is 0 Å². The molecule has 0 aliphatic heterocycles. The molecule has 2 aromatic rings. The van der Waals surface area contributed by atoms with E-state index in [-0.39, 0.29) is 5.97 Å². The van der Waals surface area contributed by atoms with Crippen molar-refractivity contribution in [1.82, 2.24) is 0 Å². The molecular weight excluding hydrogens is 428 g/mol. The van der Waals surface area contributed by atoms with E-state index in [1.807, 2.05) is 13.0 Å². The first kappa shape index (κ1) is 21.9. The summed E-state index contributed by atoms with van der Waals surface area (Å²) in [5.74, 6) is 0.308. The molecule has 5 nitrogen and oxygen atoms in total. The number of nitrogens with one attached hydrogen (secondary N) is 2. The van der Waals surface area contributed by atoms with Gasteiger partial charge in [-0.05, 0) is 68.6 Å². The number of carbonyl (C=O) groups is 1. The second-order valence-electron chi connectivity index (χ2n) is 6.77. The van der Waals surface area contributed by atoms with Crippen LogP contribution in [0.5, 0.6) is 5.75 Å². The number of hydrogen-bond donors (Lipinski definition) is 2.